The molecule has 0 aliphatic rings. The number of anilines is 3. The Kier molecular flexibility index (Phi) is 7.68. The van der Waals surface area contributed by atoms with Crippen LogP contribution >= 0.6 is 25.6 Å². The molecule has 1 aromatic heterocycles. The number of hydrogen-bond acceptors (Lipinski definition) is 8. The van der Waals surface area contributed by atoms with Gasteiger partial charge in [0.25, 0.3) is 0 Å². The minimum absolute atomic E-state index is 0.220. The van der Waals surface area contributed by atoms with Crippen LogP contribution in [0.5, 0.6) is 0 Å². The molecular formula is C17H34N6S2. The highest BCUT2D eigenvalue weighted by Crippen LogP contribution is 2.29. The zero-order chi connectivity index (χ0) is 19.4. The van der Waals surface area contributed by atoms with E-state index < -0.39 is 0 Å². The highest BCUT2D eigenvalue weighted by atomic mass is 32.1. The van der Waals surface area contributed by atoms with Gasteiger partial charge in [-0.15, -0.1) is 0 Å². The minimum atomic E-state index is -0.220. The Morgan fingerprint density at radius 3 is 1.28 bits per heavy atom. The monoisotopic (exact) mass is 386 g/mol. The van der Waals surface area contributed by atoms with E-state index in [1.54, 1.807) is 8.61 Å². The summed E-state index contributed by atoms with van der Waals surface area (Å²) in [5.41, 5.74) is -0.439. The van der Waals surface area contributed by atoms with Gasteiger partial charge in [0.05, 0.1) is 0 Å². The summed E-state index contributed by atoms with van der Waals surface area (Å²) in [6, 6.07) is 0. The molecule has 0 saturated carbocycles. The van der Waals surface area contributed by atoms with Gasteiger partial charge < -0.3 is 4.90 Å². The van der Waals surface area contributed by atoms with Crippen LogP contribution in [0.2, 0.25) is 0 Å². The normalized spacial score (nSPS) is 12.2. The molecule has 1 heterocycles. The van der Waals surface area contributed by atoms with Crippen LogP contribution in [0.15, 0.2) is 0 Å². The van der Waals surface area contributed by atoms with Gasteiger partial charge >= 0.3 is 0 Å². The number of aromatic nitrogens is 3. The first kappa shape index (κ1) is 22.2. The fourth-order valence-electron chi connectivity index (χ4n) is 2.13. The summed E-state index contributed by atoms with van der Waals surface area (Å²) in [6.45, 7) is 18.5. The third-order valence-corrected chi connectivity index (χ3v) is 5.08. The second-order valence-electron chi connectivity index (χ2n) is 8.19. The van der Waals surface area contributed by atoms with Gasteiger partial charge in [0.15, 0.2) is 0 Å². The third kappa shape index (κ3) is 6.09. The van der Waals surface area contributed by atoms with Crippen molar-refractivity contribution in [2.45, 2.75) is 79.3 Å². The topological polar surface area (TPSA) is 48.4 Å². The van der Waals surface area contributed by atoms with Crippen molar-refractivity contribution in [3.05, 3.63) is 0 Å². The van der Waals surface area contributed by atoms with E-state index in [4.69, 9.17) is 9.97 Å². The average Bonchev–Trinajstić information content (AvgIpc) is 2.51. The van der Waals surface area contributed by atoms with Crippen LogP contribution in [-0.2, 0) is 0 Å². The molecule has 0 amide bonds. The summed E-state index contributed by atoms with van der Waals surface area (Å²) < 4.78 is 3.56. The van der Waals surface area contributed by atoms with Gasteiger partial charge in [-0.1, -0.05) is 39.5 Å². The van der Waals surface area contributed by atoms with Gasteiger partial charge in [-0.05, 0) is 54.4 Å². The van der Waals surface area contributed by atoms with Gasteiger partial charge in [-0.3, -0.25) is 8.61 Å². The zero-order valence-corrected chi connectivity index (χ0v) is 18.7. The fourth-order valence-corrected chi connectivity index (χ4v) is 2.30. The maximum atomic E-state index is 4.69. The van der Waals surface area contributed by atoms with Crippen LogP contribution in [-0.4, -0.2) is 39.1 Å². The van der Waals surface area contributed by atoms with Crippen LogP contribution < -0.4 is 13.5 Å². The molecule has 0 aliphatic heterocycles. The van der Waals surface area contributed by atoms with E-state index in [9.17, 15) is 0 Å². The number of hydrogen-bond donors (Lipinski definition) is 2. The summed E-state index contributed by atoms with van der Waals surface area (Å²) in [5.74, 6) is 1.75. The van der Waals surface area contributed by atoms with Crippen molar-refractivity contribution < 1.29 is 0 Å². The second-order valence-corrected chi connectivity index (χ2v) is 8.99. The summed E-state index contributed by atoms with van der Waals surface area (Å²) in [4.78, 5) is 16.2. The van der Waals surface area contributed by atoms with Gasteiger partial charge in [-0.2, -0.15) is 15.0 Å². The van der Waals surface area contributed by atoms with Crippen molar-refractivity contribution in [3.8, 4) is 0 Å². The standard InChI is InChI=1S/C17H34N6S2/c1-9-11-21(12-10-2)13-18-14(22(24)16(3,4)5)20-15(19-13)23(25)17(6,7)8/h24-25H,9-12H2,1-8H3. The van der Waals surface area contributed by atoms with Crippen LogP contribution in [0, 0.1) is 0 Å². The lowest BCUT2D eigenvalue weighted by Crippen LogP contribution is -2.38. The predicted molar refractivity (Wildman–Crippen MR) is 115 cm³/mol. The third-order valence-electron chi connectivity index (χ3n) is 3.52. The Bertz CT molecular complexity index is 509. The van der Waals surface area contributed by atoms with Gasteiger partial charge in [0.1, 0.15) is 0 Å². The largest absolute Gasteiger partial charge is 0.341 e. The van der Waals surface area contributed by atoms with Crippen molar-refractivity contribution in [2.24, 2.45) is 0 Å². The number of rotatable bonds is 7. The van der Waals surface area contributed by atoms with E-state index in [0.717, 1.165) is 25.9 Å². The van der Waals surface area contributed by atoms with Gasteiger partial charge in [0.2, 0.25) is 17.8 Å². The Morgan fingerprint density at radius 2 is 1.00 bits per heavy atom. The predicted octanol–water partition coefficient (Wildman–Crippen LogP) is 4.40. The summed E-state index contributed by atoms with van der Waals surface area (Å²) in [6.07, 6.45) is 2.06. The van der Waals surface area contributed by atoms with Crippen LogP contribution in [0.4, 0.5) is 17.8 Å². The summed E-state index contributed by atoms with van der Waals surface area (Å²) in [5, 5.41) is 0. The van der Waals surface area contributed by atoms with Crippen LogP contribution in [0.1, 0.15) is 68.2 Å². The van der Waals surface area contributed by atoms with E-state index >= 15 is 0 Å². The van der Waals surface area contributed by atoms with Crippen LogP contribution in [0.3, 0.4) is 0 Å². The zero-order valence-electron chi connectivity index (χ0n) is 16.9. The van der Waals surface area contributed by atoms with Crippen molar-refractivity contribution in [2.75, 3.05) is 26.6 Å². The maximum absolute atomic E-state index is 4.69. The summed E-state index contributed by atoms with van der Waals surface area (Å²) in [7, 11) is 0. The van der Waals surface area contributed by atoms with E-state index in [1.165, 1.54) is 0 Å². The molecule has 6 nitrogen and oxygen atoms in total. The van der Waals surface area contributed by atoms with Gasteiger partial charge in [-0.25, -0.2) is 0 Å². The molecule has 1 rings (SSSR count). The fraction of sp³-hybridized carbons (Fsp3) is 0.824. The molecule has 0 N–H and O–H groups in total. The van der Waals surface area contributed by atoms with E-state index in [1.807, 2.05) is 0 Å². The second kappa shape index (κ2) is 8.66. The quantitative estimate of drug-likeness (QED) is 0.678. The molecule has 0 atom stereocenters. The first-order valence-corrected chi connectivity index (χ1v) is 9.71. The molecule has 0 saturated heterocycles. The van der Waals surface area contributed by atoms with Crippen molar-refractivity contribution in [1.82, 2.24) is 15.0 Å². The van der Waals surface area contributed by atoms with Gasteiger partial charge in [0, 0.05) is 24.2 Å². The molecule has 0 bridgehead atoms. The lowest BCUT2D eigenvalue weighted by atomic mass is 10.1. The molecular weight excluding hydrogens is 352 g/mol. The highest BCUT2D eigenvalue weighted by Gasteiger charge is 2.27. The van der Waals surface area contributed by atoms with E-state index in [2.05, 4.69) is 90.9 Å². The smallest absolute Gasteiger partial charge is 0.242 e. The minimum Gasteiger partial charge on any atom is -0.341 e. The lowest BCUT2D eigenvalue weighted by Gasteiger charge is -2.34. The van der Waals surface area contributed by atoms with Crippen LogP contribution in [0.25, 0.3) is 0 Å². The van der Waals surface area contributed by atoms with E-state index in [0.29, 0.717) is 17.8 Å². The van der Waals surface area contributed by atoms with Crippen molar-refractivity contribution in [3.63, 3.8) is 0 Å². The molecule has 0 radical (unpaired) electrons. The molecule has 25 heavy (non-hydrogen) atoms. The molecule has 0 aliphatic carbocycles. The average molecular weight is 387 g/mol. The first-order valence-electron chi connectivity index (χ1n) is 8.91. The Labute approximate surface area is 164 Å². The molecule has 8 heteroatoms. The number of thiol groups is 2. The molecule has 0 aromatic carbocycles. The summed E-state index contributed by atoms with van der Waals surface area (Å²) >= 11 is 9.25. The van der Waals surface area contributed by atoms with Crippen molar-refractivity contribution in [1.29, 1.82) is 0 Å². The molecule has 1 aromatic rings. The SMILES string of the molecule is CCCN(CCC)c1nc(N(S)C(C)(C)C)nc(N(S)C(C)(C)C)n1. The highest BCUT2D eigenvalue weighted by molar-refractivity contribution is 7.82. The molecule has 0 unspecified atom stereocenters. The first-order chi connectivity index (χ1) is 11.4. The van der Waals surface area contributed by atoms with E-state index in [-0.39, 0.29) is 11.1 Å². The lowest BCUT2D eigenvalue weighted by molar-refractivity contribution is 0.569. The maximum Gasteiger partial charge on any atom is 0.242 e. The Morgan fingerprint density at radius 1 is 0.680 bits per heavy atom. The Balaban J connectivity index is 3.45. The molecule has 144 valence electrons. The number of nitrogens with zero attached hydrogens (tertiary/aromatic N) is 6. The Hall–Kier alpha value is -0.890. The molecule has 0 fully saturated rings. The molecule has 0 spiro atoms. The van der Waals surface area contributed by atoms with Crippen molar-refractivity contribution >= 4 is 43.5 Å².